The highest BCUT2D eigenvalue weighted by molar-refractivity contribution is 7.80. The third-order valence-electron chi connectivity index (χ3n) is 3.63. The molecular formula is C16H17N5O2S. The first kappa shape index (κ1) is 16.3. The van der Waals surface area contributed by atoms with Gasteiger partial charge in [0.2, 0.25) is 5.95 Å². The summed E-state index contributed by atoms with van der Waals surface area (Å²) in [5.74, 6) is 0.605. The monoisotopic (exact) mass is 343 g/mol. The van der Waals surface area contributed by atoms with E-state index in [1.165, 1.54) is 6.92 Å². The summed E-state index contributed by atoms with van der Waals surface area (Å²) >= 11 is 5.37. The normalized spacial score (nSPS) is 10.9. The molecule has 0 aliphatic carbocycles. The molecular weight excluding hydrogens is 326 g/mol. The van der Waals surface area contributed by atoms with E-state index < -0.39 is 0 Å². The van der Waals surface area contributed by atoms with Crippen molar-refractivity contribution in [2.75, 3.05) is 19.0 Å². The quantitative estimate of drug-likeness (QED) is 0.566. The Labute approximate surface area is 144 Å². The van der Waals surface area contributed by atoms with Crippen LogP contribution < -0.4 is 5.32 Å². The van der Waals surface area contributed by atoms with Gasteiger partial charge in [-0.1, -0.05) is 0 Å². The van der Waals surface area contributed by atoms with Crippen LogP contribution in [-0.2, 0) is 11.3 Å². The van der Waals surface area contributed by atoms with E-state index in [4.69, 9.17) is 17.0 Å². The topological polar surface area (TPSA) is 74.0 Å². The number of aromatic nitrogens is 4. The molecule has 0 saturated heterocycles. The summed E-state index contributed by atoms with van der Waals surface area (Å²) in [6.07, 6.45) is 5.03. The number of fused-ring (bicyclic) bond motifs is 1. The smallest absolute Gasteiger partial charge is 0.210 e. The average Bonchev–Trinajstić information content (AvgIpc) is 3.20. The van der Waals surface area contributed by atoms with Gasteiger partial charge < -0.3 is 14.6 Å². The number of benzene rings is 1. The molecule has 8 heteroatoms. The maximum Gasteiger partial charge on any atom is 0.210 e. The highest BCUT2D eigenvalue weighted by atomic mass is 32.1. The zero-order valence-corrected chi connectivity index (χ0v) is 14.2. The maximum absolute atomic E-state index is 11.6. The van der Waals surface area contributed by atoms with Crippen LogP contribution in [0.25, 0.3) is 11.0 Å². The Morgan fingerprint density at radius 2 is 2.25 bits per heavy atom. The molecule has 3 aromatic rings. The number of nitrogens with one attached hydrogen (secondary N) is 1. The summed E-state index contributed by atoms with van der Waals surface area (Å²) in [6.45, 7) is 2.68. The number of hydrogen-bond acceptors (Lipinski definition) is 5. The molecule has 0 amide bonds. The minimum absolute atomic E-state index is 0.00628. The number of ether oxygens (including phenoxy) is 1. The zero-order chi connectivity index (χ0) is 17.1. The van der Waals surface area contributed by atoms with Crippen molar-refractivity contribution in [2.24, 2.45) is 0 Å². The Morgan fingerprint density at radius 1 is 1.42 bits per heavy atom. The van der Waals surface area contributed by atoms with Crippen molar-refractivity contribution in [3.05, 3.63) is 42.5 Å². The molecule has 124 valence electrons. The van der Waals surface area contributed by atoms with Crippen LogP contribution in [0.1, 0.15) is 17.3 Å². The van der Waals surface area contributed by atoms with E-state index >= 15 is 0 Å². The molecule has 0 unspecified atom stereocenters. The van der Waals surface area contributed by atoms with Crippen molar-refractivity contribution in [3.8, 4) is 0 Å². The number of carbonyl (C=O) groups is 1. The first-order valence-electron chi connectivity index (χ1n) is 7.39. The second-order valence-corrected chi connectivity index (χ2v) is 5.63. The second kappa shape index (κ2) is 6.90. The summed E-state index contributed by atoms with van der Waals surface area (Å²) in [4.78, 5) is 20.1. The summed E-state index contributed by atoms with van der Waals surface area (Å²) in [6, 6.07) is 5.47. The van der Waals surface area contributed by atoms with E-state index in [1.54, 1.807) is 42.5 Å². The number of anilines is 1. The van der Waals surface area contributed by atoms with E-state index in [9.17, 15) is 4.79 Å². The molecule has 1 N–H and O–H groups in total. The lowest BCUT2D eigenvalue weighted by atomic mass is 10.1. The van der Waals surface area contributed by atoms with Crippen molar-refractivity contribution in [1.82, 2.24) is 19.1 Å². The molecule has 3 rings (SSSR count). The van der Waals surface area contributed by atoms with Crippen molar-refractivity contribution < 1.29 is 9.53 Å². The Balaban J connectivity index is 2.00. The van der Waals surface area contributed by atoms with Crippen LogP contribution in [0.2, 0.25) is 0 Å². The largest absolute Gasteiger partial charge is 0.383 e. The minimum Gasteiger partial charge on any atom is -0.383 e. The van der Waals surface area contributed by atoms with Gasteiger partial charge in [-0.2, -0.15) is 0 Å². The van der Waals surface area contributed by atoms with Crippen LogP contribution in [0.15, 0.2) is 36.9 Å². The molecule has 2 heterocycles. The van der Waals surface area contributed by atoms with Crippen LogP contribution >= 0.6 is 12.2 Å². The van der Waals surface area contributed by atoms with Crippen molar-refractivity contribution in [1.29, 1.82) is 0 Å². The highest BCUT2D eigenvalue weighted by Crippen LogP contribution is 2.21. The van der Waals surface area contributed by atoms with Crippen LogP contribution in [0.3, 0.4) is 0 Å². The van der Waals surface area contributed by atoms with Crippen LogP contribution in [0, 0.1) is 0 Å². The molecule has 0 spiro atoms. The molecule has 0 aliphatic heterocycles. The Kier molecular flexibility index (Phi) is 4.68. The number of imidazole rings is 2. The van der Waals surface area contributed by atoms with Gasteiger partial charge in [-0.15, -0.1) is 0 Å². The fourth-order valence-corrected chi connectivity index (χ4v) is 2.59. The van der Waals surface area contributed by atoms with Gasteiger partial charge in [-0.3, -0.25) is 9.36 Å². The average molecular weight is 343 g/mol. The second-order valence-electron chi connectivity index (χ2n) is 5.24. The number of thiocarbonyl (C=S) groups is 1. The SMILES string of the molecule is COCCn1c(NC(=S)n2ccnc2)nc2cc(C(C)=O)ccc21. The Hall–Kier alpha value is -2.58. The number of carbonyl (C=O) groups excluding carboxylic acids is 1. The van der Waals surface area contributed by atoms with Crippen molar-refractivity contribution in [2.45, 2.75) is 13.5 Å². The van der Waals surface area contributed by atoms with Gasteiger partial charge in [0.15, 0.2) is 10.9 Å². The van der Waals surface area contributed by atoms with E-state index in [-0.39, 0.29) is 5.78 Å². The van der Waals surface area contributed by atoms with Gasteiger partial charge in [0.05, 0.1) is 17.6 Å². The van der Waals surface area contributed by atoms with E-state index in [0.717, 1.165) is 11.0 Å². The molecule has 2 aromatic heterocycles. The Bertz CT molecular complexity index is 885. The zero-order valence-electron chi connectivity index (χ0n) is 13.4. The predicted molar refractivity (Wildman–Crippen MR) is 95.5 cm³/mol. The van der Waals surface area contributed by atoms with Crippen LogP contribution in [0.4, 0.5) is 5.95 Å². The molecule has 7 nitrogen and oxygen atoms in total. The molecule has 0 radical (unpaired) electrons. The lowest BCUT2D eigenvalue weighted by Gasteiger charge is -2.11. The third-order valence-corrected chi connectivity index (χ3v) is 3.94. The molecule has 0 atom stereocenters. The Morgan fingerprint density at radius 3 is 2.92 bits per heavy atom. The number of hydrogen-bond donors (Lipinski definition) is 1. The van der Waals surface area contributed by atoms with Gasteiger partial charge in [-0.05, 0) is 37.3 Å². The summed E-state index contributed by atoms with van der Waals surface area (Å²) in [5, 5.41) is 3.59. The number of methoxy groups -OCH3 is 1. The highest BCUT2D eigenvalue weighted by Gasteiger charge is 2.14. The number of rotatable bonds is 5. The minimum atomic E-state index is 0.00628. The molecule has 0 aliphatic rings. The molecule has 0 bridgehead atoms. The molecule has 24 heavy (non-hydrogen) atoms. The lowest BCUT2D eigenvalue weighted by Crippen LogP contribution is -2.21. The number of Topliss-reactive ketones (excluding diaryl/α,β-unsaturated/α-hetero) is 1. The van der Waals surface area contributed by atoms with Crippen LogP contribution in [-0.4, -0.2) is 43.7 Å². The van der Waals surface area contributed by atoms with Gasteiger partial charge in [-0.25, -0.2) is 9.97 Å². The maximum atomic E-state index is 11.6. The fourth-order valence-electron chi connectivity index (χ4n) is 2.39. The first-order valence-corrected chi connectivity index (χ1v) is 7.80. The molecule has 0 fully saturated rings. The summed E-state index contributed by atoms with van der Waals surface area (Å²) < 4.78 is 8.85. The van der Waals surface area contributed by atoms with Crippen LogP contribution in [0.5, 0.6) is 0 Å². The van der Waals surface area contributed by atoms with Gasteiger partial charge in [0.25, 0.3) is 0 Å². The van der Waals surface area contributed by atoms with E-state index in [0.29, 0.717) is 29.8 Å². The lowest BCUT2D eigenvalue weighted by molar-refractivity contribution is 0.101. The van der Waals surface area contributed by atoms with Gasteiger partial charge in [0, 0.05) is 31.6 Å². The van der Waals surface area contributed by atoms with Gasteiger partial charge in [0.1, 0.15) is 6.33 Å². The van der Waals surface area contributed by atoms with E-state index in [2.05, 4.69) is 15.3 Å². The fraction of sp³-hybridized carbons (Fsp3) is 0.250. The van der Waals surface area contributed by atoms with Crippen molar-refractivity contribution >= 4 is 40.1 Å². The van der Waals surface area contributed by atoms with Crippen molar-refractivity contribution in [3.63, 3.8) is 0 Å². The van der Waals surface area contributed by atoms with Gasteiger partial charge >= 0.3 is 0 Å². The molecule has 1 aromatic carbocycles. The summed E-state index contributed by atoms with van der Waals surface area (Å²) in [7, 11) is 1.65. The number of ketones is 1. The predicted octanol–water partition coefficient (Wildman–Crippen LogP) is 2.33. The summed E-state index contributed by atoms with van der Waals surface area (Å²) in [5.41, 5.74) is 2.27. The number of nitrogens with zero attached hydrogens (tertiary/aromatic N) is 4. The standard InChI is InChI=1S/C16H17N5O2S/c1-11(22)12-3-4-14-13(9-12)18-15(21(14)7-8-23-2)19-16(24)20-6-5-17-10-20/h3-6,9-10H,7-8H2,1-2H3,(H,18,19,24). The molecule has 0 saturated carbocycles. The third kappa shape index (κ3) is 3.19. The first-order chi connectivity index (χ1) is 11.6. The van der Waals surface area contributed by atoms with E-state index in [1.807, 2.05) is 10.6 Å².